The standard InChI is InChI=1S/C10H12/c1-8-6-7-9-4-2-3-5-10(8)9/h4-8H,2-3H2,1H3. The molecule has 0 aromatic carbocycles. The van der Waals surface area contributed by atoms with Crippen LogP contribution in [0.1, 0.15) is 19.8 Å². The van der Waals surface area contributed by atoms with E-state index in [0.29, 0.717) is 5.92 Å². The largest absolute Gasteiger partial charge is 0.0798 e. The Morgan fingerprint density at radius 1 is 1.30 bits per heavy atom. The summed E-state index contributed by atoms with van der Waals surface area (Å²) in [5, 5.41) is 0. The third-order valence-corrected chi connectivity index (χ3v) is 2.28. The molecule has 0 radical (unpaired) electrons. The summed E-state index contributed by atoms with van der Waals surface area (Å²) >= 11 is 0. The highest BCUT2D eigenvalue weighted by Crippen LogP contribution is 2.32. The molecule has 2 rings (SSSR count). The fourth-order valence-electron chi connectivity index (χ4n) is 1.68. The van der Waals surface area contributed by atoms with Gasteiger partial charge in [0.15, 0.2) is 0 Å². The van der Waals surface area contributed by atoms with E-state index >= 15 is 0 Å². The molecule has 0 heterocycles. The first-order valence-corrected chi connectivity index (χ1v) is 3.97. The second-order valence-corrected chi connectivity index (χ2v) is 3.04. The molecule has 1 atom stereocenters. The molecule has 0 bridgehead atoms. The van der Waals surface area contributed by atoms with Gasteiger partial charge in [-0.25, -0.2) is 0 Å². The fraction of sp³-hybridized carbons (Fsp3) is 0.400. The van der Waals surface area contributed by atoms with E-state index in [1.165, 1.54) is 18.4 Å². The van der Waals surface area contributed by atoms with E-state index < -0.39 is 0 Å². The Morgan fingerprint density at radius 2 is 2.10 bits per heavy atom. The summed E-state index contributed by atoms with van der Waals surface area (Å²) in [6.45, 7) is 2.26. The minimum Gasteiger partial charge on any atom is -0.0798 e. The smallest absolute Gasteiger partial charge is 0.000445 e. The third-order valence-electron chi connectivity index (χ3n) is 2.28. The monoisotopic (exact) mass is 132 g/mol. The molecule has 0 N–H and O–H groups in total. The van der Waals surface area contributed by atoms with Crippen molar-refractivity contribution < 1.29 is 0 Å². The molecule has 0 heteroatoms. The van der Waals surface area contributed by atoms with E-state index in [1.807, 2.05) is 0 Å². The maximum atomic E-state index is 2.38. The molecule has 10 heavy (non-hydrogen) atoms. The summed E-state index contributed by atoms with van der Waals surface area (Å²) in [5.74, 6) is 0.673. The summed E-state index contributed by atoms with van der Waals surface area (Å²) in [7, 11) is 0. The SMILES string of the molecule is CC1C=CC2=CCCC=C21. The van der Waals surface area contributed by atoms with Crippen molar-refractivity contribution in [3.05, 3.63) is 35.5 Å². The van der Waals surface area contributed by atoms with Crippen LogP contribution in [0.25, 0.3) is 0 Å². The van der Waals surface area contributed by atoms with Crippen LogP contribution in [0.4, 0.5) is 0 Å². The third kappa shape index (κ3) is 0.756. The van der Waals surface area contributed by atoms with Crippen molar-refractivity contribution in [2.45, 2.75) is 19.8 Å². The summed E-state index contributed by atoms with van der Waals surface area (Å²) in [6, 6.07) is 0. The van der Waals surface area contributed by atoms with Crippen LogP contribution in [0, 0.1) is 5.92 Å². The minimum atomic E-state index is 0.673. The lowest BCUT2D eigenvalue weighted by Gasteiger charge is -2.10. The first-order chi connectivity index (χ1) is 4.88. The molecule has 0 nitrogen and oxygen atoms in total. The van der Waals surface area contributed by atoms with Gasteiger partial charge in [-0.15, -0.1) is 0 Å². The van der Waals surface area contributed by atoms with Gasteiger partial charge in [0.05, 0.1) is 0 Å². The number of hydrogen-bond acceptors (Lipinski definition) is 0. The zero-order valence-electron chi connectivity index (χ0n) is 6.30. The van der Waals surface area contributed by atoms with Crippen molar-refractivity contribution in [3.8, 4) is 0 Å². The molecule has 0 amide bonds. The molecule has 0 saturated carbocycles. The number of allylic oxidation sites excluding steroid dienone is 6. The molecular weight excluding hydrogens is 120 g/mol. The quantitative estimate of drug-likeness (QED) is 0.475. The Kier molecular flexibility index (Phi) is 1.26. The fourth-order valence-corrected chi connectivity index (χ4v) is 1.68. The van der Waals surface area contributed by atoms with E-state index in [4.69, 9.17) is 0 Å². The molecule has 0 spiro atoms. The van der Waals surface area contributed by atoms with Crippen LogP contribution in [-0.2, 0) is 0 Å². The minimum absolute atomic E-state index is 0.673. The van der Waals surface area contributed by atoms with Crippen LogP contribution in [-0.4, -0.2) is 0 Å². The van der Waals surface area contributed by atoms with Crippen molar-refractivity contribution >= 4 is 0 Å². The van der Waals surface area contributed by atoms with Gasteiger partial charge in [0.25, 0.3) is 0 Å². The number of fused-ring (bicyclic) bond motifs is 1. The zero-order valence-corrected chi connectivity index (χ0v) is 6.30. The Balaban J connectivity index is 2.38. The zero-order chi connectivity index (χ0) is 6.97. The van der Waals surface area contributed by atoms with Gasteiger partial charge in [0.2, 0.25) is 0 Å². The van der Waals surface area contributed by atoms with Crippen LogP contribution >= 0.6 is 0 Å². The van der Waals surface area contributed by atoms with Crippen LogP contribution in [0.5, 0.6) is 0 Å². The molecule has 0 aromatic rings. The van der Waals surface area contributed by atoms with Gasteiger partial charge in [0.1, 0.15) is 0 Å². The van der Waals surface area contributed by atoms with Gasteiger partial charge >= 0.3 is 0 Å². The number of hydrogen-bond donors (Lipinski definition) is 0. The maximum Gasteiger partial charge on any atom is -0.000445 e. The summed E-state index contributed by atoms with van der Waals surface area (Å²) in [6.07, 6.45) is 11.7. The van der Waals surface area contributed by atoms with Gasteiger partial charge in [-0.1, -0.05) is 31.2 Å². The summed E-state index contributed by atoms with van der Waals surface area (Å²) in [5.41, 5.74) is 3.02. The van der Waals surface area contributed by atoms with Gasteiger partial charge < -0.3 is 0 Å². The van der Waals surface area contributed by atoms with Gasteiger partial charge in [-0.3, -0.25) is 0 Å². The lowest BCUT2D eigenvalue weighted by atomic mass is 9.95. The number of rotatable bonds is 0. The molecule has 1 unspecified atom stereocenters. The Hall–Kier alpha value is -0.780. The second kappa shape index (κ2) is 2.12. The Bertz CT molecular complexity index is 228. The normalized spacial score (nSPS) is 29.5. The van der Waals surface area contributed by atoms with Gasteiger partial charge in [0, 0.05) is 0 Å². The topological polar surface area (TPSA) is 0 Å². The van der Waals surface area contributed by atoms with Crippen molar-refractivity contribution in [2.24, 2.45) is 5.92 Å². The predicted octanol–water partition coefficient (Wildman–Crippen LogP) is 2.84. The average molecular weight is 132 g/mol. The molecule has 2 aliphatic carbocycles. The van der Waals surface area contributed by atoms with E-state index in [9.17, 15) is 0 Å². The van der Waals surface area contributed by atoms with E-state index in [1.54, 1.807) is 5.57 Å². The summed E-state index contributed by atoms with van der Waals surface area (Å²) < 4.78 is 0. The molecule has 2 aliphatic rings. The Morgan fingerprint density at radius 3 is 2.90 bits per heavy atom. The molecule has 0 aliphatic heterocycles. The van der Waals surface area contributed by atoms with Crippen molar-refractivity contribution in [1.29, 1.82) is 0 Å². The molecule has 0 saturated heterocycles. The van der Waals surface area contributed by atoms with Crippen LogP contribution in [0.15, 0.2) is 35.5 Å². The first kappa shape index (κ1) is 5.96. The van der Waals surface area contributed by atoms with E-state index in [2.05, 4.69) is 31.2 Å². The highest BCUT2D eigenvalue weighted by molar-refractivity contribution is 5.49. The van der Waals surface area contributed by atoms with Crippen LogP contribution in [0.3, 0.4) is 0 Å². The first-order valence-electron chi connectivity index (χ1n) is 3.97. The van der Waals surface area contributed by atoms with E-state index in [-0.39, 0.29) is 0 Å². The molecule has 0 aromatic heterocycles. The average Bonchev–Trinajstić information content (AvgIpc) is 2.34. The summed E-state index contributed by atoms with van der Waals surface area (Å²) in [4.78, 5) is 0. The second-order valence-electron chi connectivity index (χ2n) is 3.04. The molecular formula is C10H12. The van der Waals surface area contributed by atoms with Gasteiger partial charge in [-0.05, 0) is 29.9 Å². The van der Waals surface area contributed by atoms with Crippen LogP contribution in [0.2, 0.25) is 0 Å². The Labute approximate surface area is 61.9 Å². The van der Waals surface area contributed by atoms with E-state index in [0.717, 1.165) is 0 Å². The molecule has 0 fully saturated rings. The van der Waals surface area contributed by atoms with Crippen molar-refractivity contribution in [2.75, 3.05) is 0 Å². The highest BCUT2D eigenvalue weighted by Gasteiger charge is 2.16. The van der Waals surface area contributed by atoms with Crippen LogP contribution < -0.4 is 0 Å². The van der Waals surface area contributed by atoms with Crippen molar-refractivity contribution in [1.82, 2.24) is 0 Å². The molecule has 52 valence electrons. The van der Waals surface area contributed by atoms with Gasteiger partial charge in [-0.2, -0.15) is 0 Å². The predicted molar refractivity (Wildman–Crippen MR) is 43.7 cm³/mol. The van der Waals surface area contributed by atoms with Crippen molar-refractivity contribution in [3.63, 3.8) is 0 Å². The lowest BCUT2D eigenvalue weighted by molar-refractivity contribution is 0.871. The maximum absolute atomic E-state index is 2.38. The highest BCUT2D eigenvalue weighted by atomic mass is 14.2. The lowest BCUT2D eigenvalue weighted by Crippen LogP contribution is -1.94.